The van der Waals surface area contributed by atoms with Gasteiger partial charge in [0.2, 0.25) is 0 Å². The molecule has 1 fully saturated rings. The minimum atomic E-state index is -3.11. The molecule has 1 aliphatic rings. The van der Waals surface area contributed by atoms with Crippen molar-refractivity contribution in [3.8, 4) is 0 Å². The van der Waals surface area contributed by atoms with Crippen LogP contribution in [0, 0.1) is 0 Å². The van der Waals surface area contributed by atoms with Crippen LogP contribution in [0.25, 0.3) is 0 Å². The molecule has 0 bridgehead atoms. The number of sulfone groups is 1. The van der Waals surface area contributed by atoms with E-state index in [4.69, 9.17) is 0 Å². The van der Waals surface area contributed by atoms with Gasteiger partial charge in [-0.15, -0.1) is 0 Å². The van der Waals surface area contributed by atoms with E-state index in [0.717, 1.165) is 12.2 Å². The lowest BCUT2D eigenvalue weighted by atomic mass is 10.3. The van der Waals surface area contributed by atoms with Gasteiger partial charge in [-0.2, -0.15) is 10.2 Å². The van der Waals surface area contributed by atoms with Crippen molar-refractivity contribution in [2.75, 3.05) is 30.8 Å². The van der Waals surface area contributed by atoms with Gasteiger partial charge in [-0.05, 0) is 6.07 Å². The fourth-order valence-electron chi connectivity index (χ4n) is 1.81. The first kappa shape index (κ1) is 11.3. The first-order valence-electron chi connectivity index (χ1n) is 5.02. The van der Waals surface area contributed by atoms with Gasteiger partial charge in [0.05, 0.1) is 18.1 Å². The van der Waals surface area contributed by atoms with Crippen molar-refractivity contribution in [2.24, 2.45) is 0 Å². The molecule has 1 aromatic heterocycles. The number of hydrogen-bond donors (Lipinski definition) is 1. The predicted molar refractivity (Wildman–Crippen MR) is 60.9 cm³/mol. The second kappa shape index (κ2) is 4.34. The van der Waals surface area contributed by atoms with Crippen LogP contribution in [0.1, 0.15) is 0 Å². The lowest BCUT2D eigenvalue weighted by Gasteiger charge is -2.36. The van der Waals surface area contributed by atoms with E-state index in [1.807, 2.05) is 4.90 Å². The molecular weight excluding hydrogens is 228 g/mol. The standard InChI is InChI=1S/C9H14N4O2S/c1-16(14,15)9-7-10-4-5-13(9)8-2-3-11-12-6-8/h2-3,6,9-10H,4-5,7H2,1H3. The lowest BCUT2D eigenvalue weighted by molar-refractivity contribution is 0.521. The summed E-state index contributed by atoms with van der Waals surface area (Å²) in [5, 5.41) is 10.0. The highest BCUT2D eigenvalue weighted by molar-refractivity contribution is 7.91. The van der Waals surface area contributed by atoms with Crippen LogP contribution in [-0.2, 0) is 9.84 Å². The summed E-state index contributed by atoms with van der Waals surface area (Å²) in [4.78, 5) is 1.85. The summed E-state index contributed by atoms with van der Waals surface area (Å²) in [6.45, 7) is 1.87. The molecule has 7 heteroatoms. The Balaban J connectivity index is 2.31. The molecule has 0 aromatic carbocycles. The number of anilines is 1. The van der Waals surface area contributed by atoms with Crippen LogP contribution < -0.4 is 10.2 Å². The summed E-state index contributed by atoms with van der Waals surface area (Å²) in [5.41, 5.74) is 0.798. The Morgan fingerprint density at radius 2 is 2.31 bits per heavy atom. The first-order valence-corrected chi connectivity index (χ1v) is 6.97. The van der Waals surface area contributed by atoms with Crippen LogP contribution in [0.3, 0.4) is 0 Å². The molecule has 0 spiro atoms. The highest BCUT2D eigenvalue weighted by atomic mass is 32.2. The van der Waals surface area contributed by atoms with Gasteiger partial charge in [-0.1, -0.05) is 0 Å². The second-order valence-electron chi connectivity index (χ2n) is 3.78. The molecule has 0 amide bonds. The Morgan fingerprint density at radius 1 is 1.50 bits per heavy atom. The molecule has 6 nitrogen and oxygen atoms in total. The van der Waals surface area contributed by atoms with Crippen molar-refractivity contribution < 1.29 is 8.42 Å². The number of aromatic nitrogens is 2. The van der Waals surface area contributed by atoms with Crippen molar-refractivity contribution in [1.29, 1.82) is 0 Å². The minimum Gasteiger partial charge on any atom is -0.351 e. The molecule has 1 saturated heterocycles. The summed E-state index contributed by atoms with van der Waals surface area (Å²) < 4.78 is 23.3. The smallest absolute Gasteiger partial charge is 0.169 e. The van der Waals surface area contributed by atoms with Crippen LogP contribution in [0.4, 0.5) is 5.69 Å². The number of piperazine rings is 1. The monoisotopic (exact) mass is 242 g/mol. The van der Waals surface area contributed by atoms with Crippen LogP contribution in [0.15, 0.2) is 18.5 Å². The zero-order chi connectivity index (χ0) is 11.6. The largest absolute Gasteiger partial charge is 0.351 e. The normalized spacial score (nSPS) is 22.1. The maximum absolute atomic E-state index is 11.7. The zero-order valence-corrected chi connectivity index (χ0v) is 9.81. The van der Waals surface area contributed by atoms with Gasteiger partial charge in [-0.25, -0.2) is 8.42 Å². The third kappa shape index (κ3) is 2.30. The van der Waals surface area contributed by atoms with E-state index in [-0.39, 0.29) is 0 Å². The fourth-order valence-corrected chi connectivity index (χ4v) is 2.92. The Morgan fingerprint density at radius 3 is 2.94 bits per heavy atom. The molecular formula is C9H14N4O2S. The summed E-state index contributed by atoms with van der Waals surface area (Å²) in [7, 11) is -3.11. The molecule has 0 aliphatic carbocycles. The fraction of sp³-hybridized carbons (Fsp3) is 0.556. The summed E-state index contributed by atoms with van der Waals surface area (Å²) in [5.74, 6) is 0. The molecule has 1 atom stereocenters. The molecule has 1 N–H and O–H groups in total. The molecule has 88 valence electrons. The third-order valence-corrected chi connectivity index (χ3v) is 4.00. The van der Waals surface area contributed by atoms with Gasteiger partial charge in [0.25, 0.3) is 0 Å². The molecule has 0 saturated carbocycles. The van der Waals surface area contributed by atoms with Gasteiger partial charge in [0.1, 0.15) is 5.37 Å². The van der Waals surface area contributed by atoms with Crippen molar-refractivity contribution in [1.82, 2.24) is 15.5 Å². The third-order valence-electron chi connectivity index (χ3n) is 2.59. The number of nitrogens with zero attached hydrogens (tertiary/aromatic N) is 3. The molecule has 16 heavy (non-hydrogen) atoms. The van der Waals surface area contributed by atoms with E-state index < -0.39 is 15.2 Å². The SMILES string of the molecule is CS(=O)(=O)C1CNCCN1c1ccnnc1. The van der Waals surface area contributed by atoms with E-state index >= 15 is 0 Å². The molecule has 0 radical (unpaired) electrons. The Kier molecular flexibility index (Phi) is 3.06. The highest BCUT2D eigenvalue weighted by Gasteiger charge is 2.30. The maximum atomic E-state index is 11.7. The van der Waals surface area contributed by atoms with E-state index in [0.29, 0.717) is 13.1 Å². The van der Waals surface area contributed by atoms with Crippen LogP contribution in [-0.4, -0.2) is 49.9 Å². The van der Waals surface area contributed by atoms with E-state index in [9.17, 15) is 8.42 Å². The van der Waals surface area contributed by atoms with Crippen molar-refractivity contribution in [3.05, 3.63) is 18.5 Å². The van der Waals surface area contributed by atoms with Gasteiger partial charge in [0.15, 0.2) is 9.84 Å². The number of hydrogen-bond acceptors (Lipinski definition) is 6. The number of rotatable bonds is 2. The quantitative estimate of drug-likeness (QED) is 0.736. The average Bonchev–Trinajstić information content (AvgIpc) is 2.29. The molecule has 1 aliphatic heterocycles. The van der Waals surface area contributed by atoms with Crippen LogP contribution in [0.2, 0.25) is 0 Å². The summed E-state index contributed by atoms with van der Waals surface area (Å²) >= 11 is 0. The van der Waals surface area contributed by atoms with Crippen molar-refractivity contribution >= 4 is 15.5 Å². The van der Waals surface area contributed by atoms with Gasteiger partial charge in [0, 0.05) is 25.9 Å². The average molecular weight is 242 g/mol. The van der Waals surface area contributed by atoms with Gasteiger partial charge in [-0.3, -0.25) is 0 Å². The van der Waals surface area contributed by atoms with Crippen molar-refractivity contribution in [2.45, 2.75) is 5.37 Å². The maximum Gasteiger partial charge on any atom is 0.169 e. The summed E-state index contributed by atoms with van der Waals surface area (Å²) in [6, 6.07) is 1.77. The molecule has 2 heterocycles. The zero-order valence-electron chi connectivity index (χ0n) is 9.00. The van der Waals surface area contributed by atoms with Gasteiger partial charge < -0.3 is 10.2 Å². The first-order chi connectivity index (χ1) is 7.59. The van der Waals surface area contributed by atoms with Crippen LogP contribution >= 0.6 is 0 Å². The lowest BCUT2D eigenvalue weighted by Crippen LogP contribution is -2.54. The highest BCUT2D eigenvalue weighted by Crippen LogP contribution is 2.18. The van der Waals surface area contributed by atoms with Gasteiger partial charge >= 0.3 is 0 Å². The second-order valence-corrected chi connectivity index (χ2v) is 5.99. The topological polar surface area (TPSA) is 75.2 Å². The Labute approximate surface area is 94.6 Å². The predicted octanol–water partition coefficient (Wildman–Crippen LogP) is -0.743. The van der Waals surface area contributed by atoms with E-state index in [2.05, 4.69) is 15.5 Å². The molecule has 1 unspecified atom stereocenters. The Hall–Kier alpha value is -1.21. The van der Waals surface area contributed by atoms with E-state index in [1.54, 1.807) is 18.5 Å². The molecule has 1 aromatic rings. The minimum absolute atomic E-state index is 0.446. The Bertz CT molecular complexity index is 448. The van der Waals surface area contributed by atoms with E-state index in [1.165, 1.54) is 6.26 Å². The van der Waals surface area contributed by atoms with Crippen molar-refractivity contribution in [3.63, 3.8) is 0 Å². The number of nitrogens with one attached hydrogen (secondary N) is 1. The van der Waals surface area contributed by atoms with Crippen LogP contribution in [0.5, 0.6) is 0 Å². The summed E-state index contributed by atoms with van der Waals surface area (Å²) in [6.07, 6.45) is 4.41. The molecule has 2 rings (SSSR count).